The van der Waals surface area contributed by atoms with Crippen LogP contribution in [0.1, 0.15) is 16.8 Å². The average molecular weight is 402 g/mol. The van der Waals surface area contributed by atoms with Gasteiger partial charge in [-0.15, -0.1) is 0 Å². The number of nitro groups is 1. The number of anilines is 1. The predicted molar refractivity (Wildman–Crippen MR) is 115 cm³/mol. The van der Waals surface area contributed by atoms with Crippen LogP contribution < -0.4 is 5.32 Å². The zero-order valence-corrected chi connectivity index (χ0v) is 16.8. The van der Waals surface area contributed by atoms with Crippen molar-refractivity contribution in [1.29, 1.82) is 0 Å². The number of nitrogens with zero attached hydrogens (tertiary/aromatic N) is 5. The van der Waals surface area contributed by atoms with Crippen LogP contribution in [0.2, 0.25) is 0 Å². The fraction of sp³-hybridized carbons (Fsp3) is 0.182. The lowest BCUT2D eigenvalue weighted by Gasteiger charge is -2.12. The van der Waals surface area contributed by atoms with Crippen molar-refractivity contribution in [3.63, 3.8) is 0 Å². The Balaban J connectivity index is 1.56. The largest absolute Gasteiger partial charge is 0.360 e. The van der Waals surface area contributed by atoms with Gasteiger partial charge >= 0.3 is 5.69 Å². The molecule has 8 nitrogen and oxygen atoms in total. The van der Waals surface area contributed by atoms with Gasteiger partial charge in [0.15, 0.2) is 0 Å². The second kappa shape index (κ2) is 8.20. The van der Waals surface area contributed by atoms with E-state index in [0.29, 0.717) is 18.1 Å². The van der Waals surface area contributed by atoms with E-state index in [0.717, 1.165) is 23.2 Å². The van der Waals surface area contributed by atoms with Crippen molar-refractivity contribution in [2.24, 2.45) is 7.05 Å². The van der Waals surface area contributed by atoms with E-state index in [9.17, 15) is 10.1 Å². The fourth-order valence-corrected chi connectivity index (χ4v) is 3.58. The van der Waals surface area contributed by atoms with Crippen LogP contribution in [0.15, 0.2) is 67.3 Å². The van der Waals surface area contributed by atoms with Crippen LogP contribution in [0, 0.1) is 17.0 Å². The minimum atomic E-state index is -0.393. The molecular formula is C22H22N6O2. The topological polar surface area (TPSA) is 90.8 Å². The molecule has 0 amide bonds. The molecule has 0 aliphatic heterocycles. The number of hydrogen-bond acceptors (Lipinski definition) is 5. The second-order valence-corrected chi connectivity index (χ2v) is 7.11. The van der Waals surface area contributed by atoms with Gasteiger partial charge in [-0.25, -0.2) is 9.67 Å². The van der Waals surface area contributed by atoms with Crippen molar-refractivity contribution in [1.82, 2.24) is 19.3 Å². The lowest BCUT2D eigenvalue weighted by molar-refractivity contribution is -0.384. The molecule has 0 aliphatic carbocycles. The van der Waals surface area contributed by atoms with Crippen LogP contribution in [0.4, 0.5) is 11.5 Å². The highest BCUT2D eigenvalue weighted by Gasteiger charge is 2.23. The molecule has 2 aromatic carbocycles. The van der Waals surface area contributed by atoms with E-state index in [2.05, 4.69) is 45.7 Å². The second-order valence-electron chi connectivity index (χ2n) is 7.11. The van der Waals surface area contributed by atoms with Crippen molar-refractivity contribution >= 4 is 11.5 Å². The zero-order chi connectivity index (χ0) is 21.1. The highest BCUT2D eigenvalue weighted by Crippen LogP contribution is 2.29. The highest BCUT2D eigenvalue weighted by atomic mass is 16.6. The molecule has 0 aliphatic rings. The molecule has 8 heteroatoms. The Morgan fingerprint density at radius 3 is 2.60 bits per heavy atom. The first-order chi connectivity index (χ1) is 14.5. The summed E-state index contributed by atoms with van der Waals surface area (Å²) in [5.74, 6) is 0.406. The number of hydrogen-bond donors (Lipinski definition) is 1. The Hall–Kier alpha value is -3.94. The van der Waals surface area contributed by atoms with E-state index >= 15 is 0 Å². The summed E-state index contributed by atoms with van der Waals surface area (Å²) in [4.78, 5) is 15.1. The maximum Gasteiger partial charge on any atom is 0.333 e. The predicted octanol–water partition coefficient (Wildman–Crippen LogP) is 4.16. The van der Waals surface area contributed by atoms with Gasteiger partial charge in [-0.1, -0.05) is 48.5 Å². The zero-order valence-electron chi connectivity index (χ0n) is 16.8. The summed E-state index contributed by atoms with van der Waals surface area (Å²) in [5.41, 5.74) is 4.82. The van der Waals surface area contributed by atoms with Crippen LogP contribution in [-0.4, -0.2) is 24.3 Å². The Kier molecular flexibility index (Phi) is 5.30. The number of aryl methyl sites for hydroxylation is 2. The first-order valence-electron chi connectivity index (χ1n) is 9.57. The van der Waals surface area contributed by atoms with Gasteiger partial charge < -0.3 is 9.88 Å². The van der Waals surface area contributed by atoms with Gasteiger partial charge in [0.05, 0.1) is 11.3 Å². The van der Waals surface area contributed by atoms with Crippen molar-refractivity contribution in [3.8, 4) is 11.1 Å². The molecule has 2 heterocycles. The number of benzene rings is 2. The van der Waals surface area contributed by atoms with Gasteiger partial charge in [-0.2, -0.15) is 5.10 Å². The quantitative estimate of drug-likeness (QED) is 0.370. The van der Waals surface area contributed by atoms with E-state index in [1.165, 1.54) is 10.2 Å². The van der Waals surface area contributed by atoms with Crippen LogP contribution in [0.3, 0.4) is 0 Å². The first-order valence-corrected chi connectivity index (χ1v) is 9.57. The molecular weight excluding hydrogens is 380 g/mol. The summed E-state index contributed by atoms with van der Waals surface area (Å²) in [5, 5.41) is 18.8. The standard InChI is InChI=1S/C22H22N6O2/c1-16-21(28(29)30)22(26(2)25-16)24-13-19-5-3-4-6-20(19)18-9-7-17(8-10-18)14-27-12-11-23-15-27/h3-12,15,24H,13-14H2,1-2H3. The number of imidazole rings is 1. The van der Waals surface area contributed by atoms with Crippen molar-refractivity contribution in [2.75, 3.05) is 5.32 Å². The average Bonchev–Trinajstić information content (AvgIpc) is 3.34. The summed E-state index contributed by atoms with van der Waals surface area (Å²) < 4.78 is 3.54. The van der Waals surface area contributed by atoms with Crippen LogP contribution >= 0.6 is 0 Å². The smallest absolute Gasteiger partial charge is 0.333 e. The van der Waals surface area contributed by atoms with Gasteiger partial charge in [0, 0.05) is 32.5 Å². The van der Waals surface area contributed by atoms with Crippen molar-refractivity contribution in [3.05, 3.63) is 94.2 Å². The van der Waals surface area contributed by atoms with Crippen molar-refractivity contribution < 1.29 is 4.92 Å². The van der Waals surface area contributed by atoms with Gasteiger partial charge in [-0.05, 0) is 29.2 Å². The minimum absolute atomic E-state index is 0.0128. The van der Waals surface area contributed by atoms with Gasteiger partial charge in [0.25, 0.3) is 0 Å². The number of aromatic nitrogens is 4. The normalized spacial score (nSPS) is 10.9. The van der Waals surface area contributed by atoms with Crippen LogP contribution in [-0.2, 0) is 20.1 Å². The van der Waals surface area contributed by atoms with E-state index < -0.39 is 4.92 Å². The Labute approximate surface area is 174 Å². The maximum absolute atomic E-state index is 11.4. The third-order valence-electron chi connectivity index (χ3n) is 5.03. The third-order valence-corrected chi connectivity index (χ3v) is 5.03. The third kappa shape index (κ3) is 3.93. The summed E-state index contributed by atoms with van der Waals surface area (Å²) in [6.07, 6.45) is 5.51. The molecule has 30 heavy (non-hydrogen) atoms. The molecule has 152 valence electrons. The Bertz CT molecular complexity index is 1160. The van der Waals surface area contributed by atoms with Gasteiger partial charge in [0.1, 0.15) is 5.69 Å². The van der Waals surface area contributed by atoms with Crippen LogP contribution in [0.5, 0.6) is 0 Å². The summed E-state index contributed by atoms with van der Waals surface area (Å²) in [7, 11) is 1.70. The summed E-state index contributed by atoms with van der Waals surface area (Å²) in [6, 6.07) is 16.5. The molecule has 0 unspecified atom stereocenters. The van der Waals surface area contributed by atoms with E-state index in [1.54, 1.807) is 26.5 Å². The van der Waals surface area contributed by atoms with Gasteiger partial charge in [-0.3, -0.25) is 10.1 Å². The summed E-state index contributed by atoms with van der Waals surface area (Å²) in [6.45, 7) is 2.86. The molecule has 0 fully saturated rings. The van der Waals surface area contributed by atoms with E-state index in [-0.39, 0.29) is 5.69 Å². The molecule has 0 saturated heterocycles. The lowest BCUT2D eigenvalue weighted by atomic mass is 9.98. The molecule has 2 aromatic heterocycles. The Morgan fingerprint density at radius 1 is 1.13 bits per heavy atom. The monoisotopic (exact) mass is 402 g/mol. The molecule has 4 aromatic rings. The molecule has 0 spiro atoms. The molecule has 0 atom stereocenters. The lowest BCUT2D eigenvalue weighted by Crippen LogP contribution is -2.07. The summed E-state index contributed by atoms with van der Waals surface area (Å²) >= 11 is 0. The molecule has 0 bridgehead atoms. The molecule has 4 rings (SSSR count). The highest BCUT2D eigenvalue weighted by molar-refractivity contribution is 5.68. The van der Waals surface area contributed by atoms with E-state index in [1.807, 2.05) is 29.0 Å². The Morgan fingerprint density at radius 2 is 1.90 bits per heavy atom. The number of rotatable bonds is 7. The molecule has 0 saturated carbocycles. The maximum atomic E-state index is 11.4. The van der Waals surface area contributed by atoms with Crippen LogP contribution in [0.25, 0.3) is 11.1 Å². The fourth-order valence-electron chi connectivity index (χ4n) is 3.58. The molecule has 0 radical (unpaired) electrons. The SMILES string of the molecule is Cc1nn(C)c(NCc2ccccc2-c2ccc(Cn3ccnc3)cc2)c1[N+](=O)[O-]. The van der Waals surface area contributed by atoms with Crippen molar-refractivity contribution in [2.45, 2.75) is 20.0 Å². The number of nitrogens with one attached hydrogen (secondary N) is 1. The molecule has 1 N–H and O–H groups in total. The van der Waals surface area contributed by atoms with E-state index in [4.69, 9.17) is 0 Å². The first kappa shape index (κ1) is 19.4. The minimum Gasteiger partial charge on any atom is -0.360 e. The van der Waals surface area contributed by atoms with Gasteiger partial charge in [0.2, 0.25) is 5.82 Å².